The third-order valence-electron chi connectivity index (χ3n) is 23.8. The number of ether oxygens (including phenoxy) is 1. The molecule has 6 heterocycles. The van der Waals surface area contributed by atoms with Crippen LogP contribution in [0.3, 0.4) is 0 Å². The Hall–Kier alpha value is -1.23. The molecule has 380 valence electrons. The van der Waals surface area contributed by atoms with Crippen LogP contribution in [0.25, 0.3) is 0 Å². The Labute approximate surface area is 407 Å². The molecule has 13 fully saturated rings. The first-order chi connectivity index (χ1) is 33.0. The second kappa shape index (κ2) is 18.0. The Morgan fingerprint density at radius 1 is 0.500 bits per heavy atom. The summed E-state index contributed by atoms with van der Waals surface area (Å²) in [6.07, 6.45) is 33.3. The third-order valence-corrected chi connectivity index (χ3v) is 23.8. The minimum absolute atomic E-state index is 0.00129. The molecule has 13 heteroatoms. The molecular weight excluding hydrogens is 853 g/mol. The van der Waals surface area contributed by atoms with E-state index in [9.17, 15) is 20.1 Å². The molecule has 14 rings (SSSR count). The number of hydrogen-bond donors (Lipinski definition) is 11. The third kappa shape index (κ3) is 7.47. The number of hydrogen-bond acceptors (Lipinski definition) is 13. The van der Waals surface area contributed by atoms with Gasteiger partial charge in [-0.2, -0.15) is 0 Å². The maximum absolute atomic E-state index is 12.1. The van der Waals surface area contributed by atoms with Crippen LogP contribution < -0.4 is 42.5 Å². The lowest BCUT2D eigenvalue weighted by molar-refractivity contribution is -0.244. The number of fused-ring (bicyclic) bond motifs is 25. The quantitative estimate of drug-likeness (QED) is 0.155. The zero-order valence-electron chi connectivity index (χ0n) is 41.6. The molecule has 0 aromatic heterocycles. The van der Waals surface area contributed by atoms with Crippen molar-refractivity contribution in [1.82, 2.24) is 42.5 Å². The fourth-order valence-electron chi connectivity index (χ4n) is 20.3. The summed E-state index contributed by atoms with van der Waals surface area (Å²) in [5.41, 5.74) is -0.507. The monoisotopic (exact) mass is 943 g/mol. The fraction of sp³-hybridized carbons (Fsp3) is 0.945. The molecular formula is C55H90N8O5. The van der Waals surface area contributed by atoms with Crippen molar-refractivity contribution >= 4 is 5.97 Å². The molecule has 8 saturated carbocycles. The molecule has 0 spiro atoms. The highest BCUT2D eigenvalue weighted by atomic mass is 16.5. The van der Waals surface area contributed by atoms with Gasteiger partial charge in [-0.15, -0.1) is 0 Å². The van der Waals surface area contributed by atoms with Crippen molar-refractivity contribution in [2.45, 2.75) is 235 Å². The zero-order valence-corrected chi connectivity index (χ0v) is 41.6. The minimum Gasteiger partial charge on any atom is -0.458 e. The average Bonchev–Trinajstić information content (AvgIpc) is 4.20. The van der Waals surface area contributed by atoms with Crippen LogP contribution in [-0.2, 0) is 9.53 Å². The highest BCUT2D eigenvalue weighted by molar-refractivity contribution is 5.85. The van der Waals surface area contributed by atoms with E-state index in [0.717, 1.165) is 91.4 Å². The SMILES string of the molecule is C1CCC2C3NC(NC4NC(NC5NC(NC6NC(N3)C3CCCCC63)C3CCCCC53)C3CCCCC43)C2C1.C[C@]12CC[C@H](O)C[C@H]1CC[C@@H]1[C@@H]2C[C@@H](O)[C@]2(C)[C@@H](C3=CC(=O)OC3)CC[C@]12O. The van der Waals surface area contributed by atoms with E-state index in [0.29, 0.717) is 80.6 Å². The van der Waals surface area contributed by atoms with Gasteiger partial charge in [0, 0.05) is 11.5 Å². The summed E-state index contributed by atoms with van der Waals surface area (Å²) in [7, 11) is 0. The largest absolute Gasteiger partial charge is 0.458 e. The van der Waals surface area contributed by atoms with Crippen molar-refractivity contribution in [3.63, 3.8) is 0 Å². The van der Waals surface area contributed by atoms with Crippen molar-refractivity contribution in [3.05, 3.63) is 11.6 Å². The molecule has 8 aliphatic carbocycles. The van der Waals surface area contributed by atoms with E-state index in [2.05, 4.69) is 49.5 Å². The van der Waals surface area contributed by atoms with E-state index in [1.807, 2.05) is 6.92 Å². The van der Waals surface area contributed by atoms with Gasteiger partial charge in [-0.1, -0.05) is 65.2 Å². The lowest BCUT2D eigenvalue weighted by Crippen LogP contribution is -2.67. The number of carbonyl (C=O) groups is 1. The van der Waals surface area contributed by atoms with Crippen molar-refractivity contribution in [3.8, 4) is 0 Å². The van der Waals surface area contributed by atoms with E-state index in [4.69, 9.17) is 4.74 Å². The lowest BCUT2D eigenvalue weighted by atomic mass is 9.42. The highest BCUT2D eigenvalue weighted by Crippen LogP contribution is 2.70. The molecule has 0 amide bonds. The molecule has 5 saturated heterocycles. The number of cyclic esters (lactones) is 1. The van der Waals surface area contributed by atoms with E-state index >= 15 is 0 Å². The average molecular weight is 943 g/mol. The summed E-state index contributed by atoms with van der Waals surface area (Å²) in [6.45, 7) is 4.69. The first kappa shape index (κ1) is 46.5. The smallest absolute Gasteiger partial charge is 0.331 e. The molecule has 13 nitrogen and oxygen atoms in total. The highest BCUT2D eigenvalue weighted by Gasteiger charge is 2.71. The van der Waals surface area contributed by atoms with Gasteiger partial charge in [0.1, 0.15) is 6.61 Å². The number of nitrogens with one attached hydrogen (secondary N) is 8. The van der Waals surface area contributed by atoms with Crippen LogP contribution in [-0.4, -0.2) is 95.0 Å². The molecule has 17 atom stereocenters. The van der Waals surface area contributed by atoms with Crippen LogP contribution in [0.15, 0.2) is 11.6 Å². The fourth-order valence-corrected chi connectivity index (χ4v) is 20.3. The maximum Gasteiger partial charge on any atom is 0.331 e. The van der Waals surface area contributed by atoms with Gasteiger partial charge in [0.25, 0.3) is 0 Å². The van der Waals surface area contributed by atoms with Crippen LogP contribution in [0.5, 0.6) is 0 Å². The lowest BCUT2D eigenvalue weighted by Gasteiger charge is -2.64. The predicted molar refractivity (Wildman–Crippen MR) is 260 cm³/mol. The van der Waals surface area contributed by atoms with Crippen LogP contribution in [0.4, 0.5) is 0 Å². The van der Waals surface area contributed by atoms with Crippen LogP contribution in [0, 0.1) is 81.8 Å². The van der Waals surface area contributed by atoms with Crippen LogP contribution >= 0.6 is 0 Å². The number of rotatable bonds is 1. The van der Waals surface area contributed by atoms with Crippen LogP contribution in [0.1, 0.15) is 168 Å². The second-order valence-corrected chi connectivity index (χ2v) is 26.4. The molecule has 68 heavy (non-hydrogen) atoms. The summed E-state index contributed by atoms with van der Waals surface area (Å²) in [5, 5.41) is 67.5. The second-order valence-electron chi connectivity index (χ2n) is 26.4. The number of aliphatic hydroxyl groups excluding tert-OH is 2. The molecule has 0 aromatic carbocycles. The maximum atomic E-state index is 12.1. The summed E-state index contributed by atoms with van der Waals surface area (Å²) >= 11 is 0. The van der Waals surface area contributed by atoms with E-state index in [1.54, 1.807) is 6.08 Å². The molecule has 0 radical (unpaired) electrons. The normalized spacial score (nSPS) is 56.8. The van der Waals surface area contributed by atoms with Gasteiger partial charge in [-0.25, -0.2) is 4.79 Å². The van der Waals surface area contributed by atoms with E-state index in [-0.39, 0.29) is 29.3 Å². The van der Waals surface area contributed by atoms with Crippen molar-refractivity contribution in [1.29, 1.82) is 0 Å². The minimum atomic E-state index is -0.906. The standard InChI is InChI=1S/C32H56N8.C23H34O5/c1-2-10-18-17(9-1)25-33-26(18)38-28-21-13-5-6-14-22(21)30(35-28)40-32-24-16-8-7-15-23(24)31(36-32)39-29-20-12-4-3-11-19(20)27(34-29)37-25;1-21-7-5-15(24)10-14(21)3-4-17-18(21)11-19(25)22(2)16(6-8-23(17,22)27)13-9-20(26)28-12-13/h17-40H,1-16H2;9,14-19,24-25,27H,3-8,10-12H2,1-2H3/t;14-,15+,16-,17-,18+,19-,21+,22+,23+/m.1/s1. The molecule has 6 aliphatic heterocycles. The van der Waals surface area contributed by atoms with E-state index < -0.39 is 17.1 Å². The Kier molecular flexibility index (Phi) is 12.3. The van der Waals surface area contributed by atoms with Crippen LogP contribution in [0.2, 0.25) is 0 Å². The number of carbonyl (C=O) groups excluding carboxylic acids is 1. The number of aliphatic hydroxyl groups is 3. The van der Waals surface area contributed by atoms with Gasteiger partial charge >= 0.3 is 5.97 Å². The van der Waals surface area contributed by atoms with Gasteiger partial charge in [0.2, 0.25) is 0 Å². The number of esters is 1. The molecule has 8 bridgehead atoms. The molecule has 11 N–H and O–H groups in total. The molecule has 8 unspecified atom stereocenters. The summed E-state index contributed by atoms with van der Waals surface area (Å²) in [5.74, 6) is 6.63. The Morgan fingerprint density at radius 3 is 1.26 bits per heavy atom. The Balaban J connectivity index is 0.000000144. The molecule has 14 aliphatic rings. The van der Waals surface area contributed by atoms with Gasteiger partial charge in [-0.05, 0) is 185 Å². The summed E-state index contributed by atoms with van der Waals surface area (Å²) in [4.78, 5) is 11.6. The molecule has 0 aromatic rings. The predicted octanol–water partition coefficient (Wildman–Crippen LogP) is 5.18. The van der Waals surface area contributed by atoms with Gasteiger partial charge in [0.15, 0.2) is 0 Å². The van der Waals surface area contributed by atoms with E-state index in [1.165, 1.54) is 103 Å². The Morgan fingerprint density at radius 2 is 0.897 bits per heavy atom. The first-order valence-corrected chi connectivity index (χ1v) is 29.0. The summed E-state index contributed by atoms with van der Waals surface area (Å²) < 4.78 is 5.16. The first-order valence-electron chi connectivity index (χ1n) is 29.0. The van der Waals surface area contributed by atoms with Gasteiger partial charge in [-0.3, -0.25) is 42.5 Å². The zero-order chi connectivity index (χ0) is 46.1. The van der Waals surface area contributed by atoms with Crippen molar-refractivity contribution in [2.75, 3.05) is 6.61 Å². The van der Waals surface area contributed by atoms with Gasteiger partial charge < -0.3 is 20.1 Å². The van der Waals surface area contributed by atoms with Crippen molar-refractivity contribution < 1.29 is 24.9 Å². The Bertz CT molecular complexity index is 1700. The van der Waals surface area contributed by atoms with Gasteiger partial charge in [0.05, 0.1) is 67.1 Å². The topological polar surface area (TPSA) is 183 Å². The summed E-state index contributed by atoms with van der Waals surface area (Å²) in [6, 6.07) is 0. The van der Waals surface area contributed by atoms with Crippen molar-refractivity contribution in [2.24, 2.45) is 81.8 Å².